The van der Waals surface area contributed by atoms with Gasteiger partial charge >= 0.3 is 0 Å². The van der Waals surface area contributed by atoms with E-state index in [-0.39, 0.29) is 18.1 Å². The number of oxazole rings is 1. The molecule has 0 unspecified atom stereocenters. The number of rotatable bonds is 3. The second kappa shape index (κ2) is 4.32. The highest BCUT2D eigenvalue weighted by molar-refractivity contribution is 5.91. The molecule has 1 amide bonds. The number of carbonyl (C=O) groups is 1. The Labute approximate surface area is 85.4 Å². The topological polar surface area (TPSA) is 80.9 Å². The largest absolute Gasteiger partial charge is 0.451 e. The van der Waals surface area contributed by atoms with E-state index in [4.69, 9.17) is 0 Å². The lowest BCUT2D eigenvalue weighted by molar-refractivity contribution is 0.0945. The summed E-state index contributed by atoms with van der Waals surface area (Å²) in [5.74, 6) is 0.241. The molecule has 2 heterocycles. The highest BCUT2D eigenvalue weighted by Crippen LogP contribution is 1.94. The minimum Gasteiger partial charge on any atom is -0.451 e. The van der Waals surface area contributed by atoms with Crippen molar-refractivity contribution in [3.05, 3.63) is 42.6 Å². The average Bonchev–Trinajstić information content (AvgIpc) is 2.81. The van der Waals surface area contributed by atoms with Gasteiger partial charge in [0.25, 0.3) is 5.91 Å². The van der Waals surface area contributed by atoms with Gasteiger partial charge in [-0.25, -0.2) is 15.0 Å². The molecule has 0 bridgehead atoms. The van der Waals surface area contributed by atoms with E-state index in [0.29, 0.717) is 5.82 Å². The summed E-state index contributed by atoms with van der Waals surface area (Å²) in [5.41, 5.74) is 0.242. The molecule has 0 atom stereocenters. The van der Waals surface area contributed by atoms with E-state index in [0.717, 1.165) is 0 Å². The second-order valence-electron chi connectivity index (χ2n) is 2.72. The van der Waals surface area contributed by atoms with Gasteiger partial charge in [0, 0.05) is 12.4 Å². The molecule has 76 valence electrons. The van der Waals surface area contributed by atoms with Crippen LogP contribution in [0.5, 0.6) is 0 Å². The first kappa shape index (κ1) is 9.32. The van der Waals surface area contributed by atoms with Crippen molar-refractivity contribution in [1.82, 2.24) is 20.3 Å². The SMILES string of the molecule is O=C(NCc1ncccn1)c1cocn1. The first-order valence-electron chi connectivity index (χ1n) is 4.28. The molecule has 6 heteroatoms. The summed E-state index contributed by atoms with van der Waals surface area (Å²) < 4.78 is 4.68. The van der Waals surface area contributed by atoms with Crippen molar-refractivity contribution in [2.45, 2.75) is 6.54 Å². The van der Waals surface area contributed by atoms with E-state index >= 15 is 0 Å². The van der Waals surface area contributed by atoms with E-state index in [1.807, 2.05) is 0 Å². The summed E-state index contributed by atoms with van der Waals surface area (Å²) in [7, 11) is 0. The molecule has 0 fully saturated rings. The van der Waals surface area contributed by atoms with Crippen LogP contribution in [-0.2, 0) is 6.54 Å². The van der Waals surface area contributed by atoms with E-state index in [9.17, 15) is 4.79 Å². The zero-order valence-corrected chi connectivity index (χ0v) is 7.75. The standard InChI is InChI=1S/C9H8N4O2/c14-9(7-5-15-6-13-7)12-4-8-10-2-1-3-11-8/h1-3,5-6H,4H2,(H,12,14). The molecule has 0 saturated carbocycles. The van der Waals surface area contributed by atoms with Crippen molar-refractivity contribution in [3.8, 4) is 0 Å². The molecule has 0 radical (unpaired) electrons. The quantitative estimate of drug-likeness (QED) is 0.782. The number of aromatic nitrogens is 3. The molecular formula is C9H8N4O2. The molecule has 2 aromatic rings. The predicted octanol–water partition coefficient (Wildman–Crippen LogP) is 0.395. The summed E-state index contributed by atoms with van der Waals surface area (Å²) in [6.07, 6.45) is 5.71. The van der Waals surface area contributed by atoms with Gasteiger partial charge in [-0.15, -0.1) is 0 Å². The molecule has 0 aromatic carbocycles. The fourth-order valence-electron chi connectivity index (χ4n) is 0.996. The third kappa shape index (κ3) is 2.37. The van der Waals surface area contributed by atoms with Crippen LogP contribution in [0, 0.1) is 0 Å². The van der Waals surface area contributed by atoms with Crippen LogP contribution in [0.1, 0.15) is 16.3 Å². The van der Waals surface area contributed by atoms with Crippen molar-refractivity contribution in [3.63, 3.8) is 0 Å². The van der Waals surface area contributed by atoms with Crippen molar-refractivity contribution < 1.29 is 9.21 Å². The van der Waals surface area contributed by atoms with E-state index in [1.165, 1.54) is 12.7 Å². The Morgan fingerprint density at radius 2 is 2.13 bits per heavy atom. The second-order valence-corrected chi connectivity index (χ2v) is 2.72. The van der Waals surface area contributed by atoms with Gasteiger partial charge in [-0.05, 0) is 6.07 Å². The Balaban J connectivity index is 1.92. The molecule has 1 N–H and O–H groups in total. The first-order valence-corrected chi connectivity index (χ1v) is 4.28. The Kier molecular flexibility index (Phi) is 2.68. The number of nitrogens with one attached hydrogen (secondary N) is 1. The Bertz CT molecular complexity index is 427. The van der Waals surface area contributed by atoms with Crippen LogP contribution in [0.15, 0.2) is 35.5 Å². The Hall–Kier alpha value is -2.24. The third-order valence-corrected chi connectivity index (χ3v) is 1.69. The fraction of sp³-hybridized carbons (Fsp3) is 0.111. The molecule has 0 saturated heterocycles. The van der Waals surface area contributed by atoms with Gasteiger partial charge in [0.15, 0.2) is 12.1 Å². The minimum absolute atomic E-state index is 0.242. The molecule has 2 rings (SSSR count). The lowest BCUT2D eigenvalue weighted by Crippen LogP contribution is -2.24. The number of hydrogen-bond donors (Lipinski definition) is 1. The summed E-state index contributed by atoms with van der Waals surface area (Å²) in [6, 6.07) is 1.71. The van der Waals surface area contributed by atoms with Gasteiger partial charge in [0.1, 0.15) is 12.1 Å². The van der Waals surface area contributed by atoms with Crippen LogP contribution in [0.2, 0.25) is 0 Å². The Morgan fingerprint density at radius 1 is 1.33 bits per heavy atom. The number of carbonyl (C=O) groups excluding carboxylic acids is 1. The van der Waals surface area contributed by atoms with Crippen molar-refractivity contribution in [2.24, 2.45) is 0 Å². The minimum atomic E-state index is -0.309. The van der Waals surface area contributed by atoms with Gasteiger partial charge in [0.2, 0.25) is 0 Å². The van der Waals surface area contributed by atoms with E-state index in [1.54, 1.807) is 18.5 Å². The molecule has 0 aliphatic heterocycles. The van der Waals surface area contributed by atoms with Crippen LogP contribution in [-0.4, -0.2) is 20.9 Å². The normalized spacial score (nSPS) is 9.87. The maximum atomic E-state index is 11.4. The van der Waals surface area contributed by atoms with Crippen LogP contribution in [0.25, 0.3) is 0 Å². The maximum absolute atomic E-state index is 11.4. The Morgan fingerprint density at radius 3 is 2.80 bits per heavy atom. The molecule has 15 heavy (non-hydrogen) atoms. The molecule has 0 aliphatic rings. The predicted molar refractivity (Wildman–Crippen MR) is 49.7 cm³/mol. The van der Waals surface area contributed by atoms with Gasteiger partial charge in [-0.1, -0.05) is 0 Å². The molecule has 6 nitrogen and oxygen atoms in total. The maximum Gasteiger partial charge on any atom is 0.273 e. The van der Waals surface area contributed by atoms with Gasteiger partial charge in [-0.3, -0.25) is 4.79 Å². The van der Waals surface area contributed by atoms with E-state index in [2.05, 4.69) is 24.7 Å². The van der Waals surface area contributed by atoms with Crippen LogP contribution in [0.4, 0.5) is 0 Å². The first-order chi connectivity index (χ1) is 7.36. The number of amides is 1. The fourth-order valence-corrected chi connectivity index (χ4v) is 0.996. The monoisotopic (exact) mass is 204 g/mol. The summed E-state index contributed by atoms with van der Waals surface area (Å²) in [4.78, 5) is 23.0. The summed E-state index contributed by atoms with van der Waals surface area (Å²) in [5, 5.41) is 2.61. The van der Waals surface area contributed by atoms with Crippen molar-refractivity contribution in [2.75, 3.05) is 0 Å². The molecule has 0 spiro atoms. The highest BCUT2D eigenvalue weighted by Gasteiger charge is 2.07. The zero-order valence-electron chi connectivity index (χ0n) is 7.75. The third-order valence-electron chi connectivity index (χ3n) is 1.69. The van der Waals surface area contributed by atoms with Crippen molar-refractivity contribution >= 4 is 5.91 Å². The average molecular weight is 204 g/mol. The van der Waals surface area contributed by atoms with Crippen LogP contribution in [0.3, 0.4) is 0 Å². The van der Waals surface area contributed by atoms with Crippen LogP contribution < -0.4 is 5.32 Å². The number of nitrogens with zero attached hydrogens (tertiary/aromatic N) is 3. The van der Waals surface area contributed by atoms with E-state index < -0.39 is 0 Å². The van der Waals surface area contributed by atoms with Crippen molar-refractivity contribution in [1.29, 1.82) is 0 Å². The smallest absolute Gasteiger partial charge is 0.273 e. The van der Waals surface area contributed by atoms with Gasteiger partial charge < -0.3 is 9.73 Å². The lowest BCUT2D eigenvalue weighted by atomic mass is 10.4. The lowest BCUT2D eigenvalue weighted by Gasteiger charge is -2.00. The van der Waals surface area contributed by atoms with Gasteiger partial charge in [0.05, 0.1) is 6.54 Å². The zero-order chi connectivity index (χ0) is 10.5. The van der Waals surface area contributed by atoms with Crippen LogP contribution >= 0.6 is 0 Å². The number of hydrogen-bond acceptors (Lipinski definition) is 5. The molecule has 0 aliphatic carbocycles. The molecular weight excluding hydrogens is 196 g/mol. The van der Waals surface area contributed by atoms with Gasteiger partial charge in [-0.2, -0.15) is 0 Å². The summed E-state index contributed by atoms with van der Waals surface area (Å²) >= 11 is 0. The highest BCUT2D eigenvalue weighted by atomic mass is 16.3. The molecule has 2 aromatic heterocycles. The summed E-state index contributed by atoms with van der Waals surface area (Å²) in [6.45, 7) is 0.270.